The van der Waals surface area contributed by atoms with Crippen molar-refractivity contribution in [2.45, 2.75) is 41.5 Å². The molecule has 0 amide bonds. The van der Waals surface area contributed by atoms with Crippen molar-refractivity contribution in [3.05, 3.63) is 91.0 Å². The molecule has 4 rings (SSSR count). The van der Waals surface area contributed by atoms with E-state index in [1.54, 1.807) is 0 Å². The van der Waals surface area contributed by atoms with Gasteiger partial charge in [0.1, 0.15) is 11.5 Å². The topological polar surface area (TPSA) is 69.2 Å². The van der Waals surface area contributed by atoms with E-state index in [-0.39, 0.29) is 12.0 Å². The molecule has 6 nitrogen and oxygen atoms in total. The Morgan fingerprint density at radius 2 is 0.848 bits per heavy atom. The lowest BCUT2D eigenvalue weighted by Gasteiger charge is -2.10. The van der Waals surface area contributed by atoms with Crippen LogP contribution in [0.3, 0.4) is 0 Å². The number of para-hydroxylation sites is 3. The summed E-state index contributed by atoms with van der Waals surface area (Å²) in [6.45, 7) is 12.0. The summed E-state index contributed by atoms with van der Waals surface area (Å²) in [5.41, 5.74) is 0.847. The first-order valence-electron chi connectivity index (χ1n) is 11.4. The molecule has 0 spiro atoms. The summed E-state index contributed by atoms with van der Waals surface area (Å²) >= 11 is 0. The molecule has 174 valence electrons. The first kappa shape index (κ1) is 27.1. The lowest BCUT2D eigenvalue weighted by Crippen LogP contribution is -2.03. The van der Waals surface area contributed by atoms with E-state index in [1.165, 1.54) is 0 Å². The van der Waals surface area contributed by atoms with Crippen molar-refractivity contribution < 1.29 is 9.47 Å². The Balaban J connectivity index is 0.000000841. The fourth-order valence-electron chi connectivity index (χ4n) is 2.32. The molecule has 6 heteroatoms. The Labute approximate surface area is 197 Å². The van der Waals surface area contributed by atoms with Crippen LogP contribution in [0.2, 0.25) is 0 Å². The first-order valence-corrected chi connectivity index (χ1v) is 11.4. The zero-order valence-corrected chi connectivity index (χ0v) is 20.3. The van der Waals surface area contributed by atoms with E-state index in [0.717, 1.165) is 5.69 Å². The fraction of sp³-hybridized carbons (Fsp3) is 0.222. The van der Waals surface area contributed by atoms with Crippen molar-refractivity contribution in [3.63, 3.8) is 0 Å². The minimum atomic E-state index is 0.139. The minimum absolute atomic E-state index is 0.139. The third-order valence-electron chi connectivity index (χ3n) is 3.53. The number of ether oxygens (including phenoxy) is 2. The van der Waals surface area contributed by atoms with E-state index in [4.69, 9.17) is 9.47 Å². The highest BCUT2D eigenvalue weighted by Gasteiger charge is 2.11. The van der Waals surface area contributed by atoms with Gasteiger partial charge in [0.25, 0.3) is 0 Å². The number of hydrogen-bond donors (Lipinski definition) is 1. The molecule has 0 aliphatic carbocycles. The van der Waals surface area contributed by atoms with E-state index in [1.807, 2.05) is 133 Å². The van der Waals surface area contributed by atoms with Crippen LogP contribution in [0.4, 0.5) is 11.6 Å². The summed E-state index contributed by atoms with van der Waals surface area (Å²) in [5, 5.41) is 3.13. The Hall–Kier alpha value is -3.93. The van der Waals surface area contributed by atoms with Crippen LogP contribution >= 0.6 is 0 Å². The van der Waals surface area contributed by atoms with Crippen molar-refractivity contribution in [2.24, 2.45) is 0 Å². The van der Waals surface area contributed by atoms with E-state index < -0.39 is 0 Å². The summed E-state index contributed by atoms with van der Waals surface area (Å²) in [6.07, 6.45) is 0. The van der Waals surface area contributed by atoms with Crippen LogP contribution < -0.4 is 14.8 Å². The van der Waals surface area contributed by atoms with Gasteiger partial charge in [-0.25, -0.2) is 0 Å². The highest BCUT2D eigenvalue weighted by molar-refractivity contribution is 5.53. The fourth-order valence-corrected chi connectivity index (χ4v) is 2.32. The lowest BCUT2D eigenvalue weighted by molar-refractivity contribution is 0.399. The molecule has 1 heterocycles. The van der Waals surface area contributed by atoms with Crippen LogP contribution in [0.5, 0.6) is 23.5 Å². The lowest BCUT2D eigenvalue weighted by atomic mass is 10.3. The molecule has 4 aromatic rings. The molecule has 0 radical (unpaired) electrons. The smallest absolute Gasteiger partial charge is 0.330 e. The van der Waals surface area contributed by atoms with Crippen LogP contribution in [-0.2, 0) is 0 Å². The van der Waals surface area contributed by atoms with Crippen LogP contribution in [0.15, 0.2) is 91.0 Å². The Kier molecular flexibility index (Phi) is 13.7. The van der Waals surface area contributed by atoms with Gasteiger partial charge in [-0.05, 0) is 36.4 Å². The van der Waals surface area contributed by atoms with Crippen molar-refractivity contribution in [2.75, 3.05) is 5.32 Å². The normalized spacial score (nSPS) is 8.91. The average Bonchev–Trinajstić information content (AvgIpc) is 2.89. The van der Waals surface area contributed by atoms with Gasteiger partial charge in [0, 0.05) is 5.69 Å². The predicted octanol–water partition coefficient (Wildman–Crippen LogP) is 8.28. The van der Waals surface area contributed by atoms with Crippen LogP contribution in [-0.4, -0.2) is 15.0 Å². The zero-order chi connectivity index (χ0) is 24.3. The molecule has 0 saturated heterocycles. The van der Waals surface area contributed by atoms with Gasteiger partial charge >= 0.3 is 12.0 Å². The summed E-state index contributed by atoms with van der Waals surface area (Å²) in [7, 11) is 0. The average molecular weight is 447 g/mol. The standard InChI is InChI=1S/C21H16N4O2.3C2H6/c1-4-10-16(11-5-1)22-19-23-20(26-17-12-6-2-7-13-17)25-21(24-19)27-18-14-8-3-9-15-18;3*1-2/h1-15H,(H,22,23,24,25);3*1-2H3. The maximum Gasteiger partial charge on any atom is 0.330 e. The molecule has 0 fully saturated rings. The molecule has 1 N–H and O–H groups in total. The van der Waals surface area contributed by atoms with E-state index >= 15 is 0 Å². The van der Waals surface area contributed by atoms with Crippen LogP contribution in [0, 0.1) is 0 Å². The molecular weight excluding hydrogens is 412 g/mol. The number of benzene rings is 3. The van der Waals surface area contributed by atoms with Crippen LogP contribution in [0.1, 0.15) is 41.5 Å². The summed E-state index contributed by atoms with van der Waals surface area (Å²) < 4.78 is 11.5. The Bertz CT molecular complexity index is 854. The molecular formula is C27H34N4O2. The van der Waals surface area contributed by atoms with Crippen molar-refractivity contribution in [1.82, 2.24) is 15.0 Å². The maximum absolute atomic E-state index is 5.75. The molecule has 33 heavy (non-hydrogen) atoms. The molecule has 0 atom stereocenters. The van der Waals surface area contributed by atoms with Gasteiger partial charge in [0.2, 0.25) is 5.95 Å². The minimum Gasteiger partial charge on any atom is -0.424 e. The largest absolute Gasteiger partial charge is 0.424 e. The summed E-state index contributed by atoms with van der Waals surface area (Å²) in [4.78, 5) is 12.9. The Morgan fingerprint density at radius 1 is 0.485 bits per heavy atom. The van der Waals surface area contributed by atoms with Gasteiger partial charge in [-0.1, -0.05) is 96.1 Å². The van der Waals surface area contributed by atoms with Crippen LogP contribution in [0.25, 0.3) is 0 Å². The van der Waals surface area contributed by atoms with E-state index in [9.17, 15) is 0 Å². The van der Waals surface area contributed by atoms with E-state index in [2.05, 4.69) is 20.3 Å². The van der Waals surface area contributed by atoms with Gasteiger partial charge in [0.15, 0.2) is 0 Å². The highest BCUT2D eigenvalue weighted by atomic mass is 16.5. The summed E-state index contributed by atoms with van der Waals surface area (Å²) in [5.74, 6) is 1.58. The van der Waals surface area contributed by atoms with Gasteiger partial charge in [-0.3, -0.25) is 0 Å². The van der Waals surface area contributed by atoms with Gasteiger partial charge in [-0.2, -0.15) is 9.97 Å². The highest BCUT2D eigenvalue weighted by Crippen LogP contribution is 2.24. The number of rotatable bonds is 6. The first-order chi connectivity index (χ1) is 16.3. The van der Waals surface area contributed by atoms with Gasteiger partial charge in [-0.15, -0.1) is 4.98 Å². The Morgan fingerprint density at radius 3 is 1.24 bits per heavy atom. The molecule has 0 aliphatic rings. The van der Waals surface area contributed by atoms with Gasteiger partial charge in [0.05, 0.1) is 0 Å². The SMILES string of the molecule is CC.CC.CC.c1ccc(Nc2nc(Oc3ccccc3)nc(Oc3ccccc3)n2)cc1. The molecule has 0 saturated carbocycles. The number of aromatic nitrogens is 3. The second kappa shape index (κ2) is 16.7. The second-order valence-corrected chi connectivity index (χ2v) is 5.55. The molecule has 0 bridgehead atoms. The number of nitrogens with zero attached hydrogens (tertiary/aromatic N) is 3. The van der Waals surface area contributed by atoms with Gasteiger partial charge < -0.3 is 14.8 Å². The third kappa shape index (κ3) is 9.82. The number of anilines is 2. The van der Waals surface area contributed by atoms with Crippen molar-refractivity contribution in [1.29, 1.82) is 0 Å². The third-order valence-corrected chi connectivity index (χ3v) is 3.53. The molecule has 0 aliphatic heterocycles. The molecule has 1 aromatic heterocycles. The maximum atomic E-state index is 5.75. The molecule has 0 unspecified atom stereocenters. The predicted molar refractivity (Wildman–Crippen MR) is 137 cm³/mol. The summed E-state index contributed by atoms with van der Waals surface area (Å²) in [6, 6.07) is 28.5. The van der Waals surface area contributed by atoms with Crippen molar-refractivity contribution >= 4 is 11.6 Å². The molecule has 3 aromatic carbocycles. The monoisotopic (exact) mass is 446 g/mol. The number of hydrogen-bond acceptors (Lipinski definition) is 6. The zero-order valence-electron chi connectivity index (χ0n) is 20.3. The van der Waals surface area contributed by atoms with Crippen molar-refractivity contribution in [3.8, 4) is 23.5 Å². The van der Waals surface area contributed by atoms with E-state index in [0.29, 0.717) is 17.4 Å². The quantitative estimate of drug-likeness (QED) is 0.321. The number of nitrogens with one attached hydrogen (secondary N) is 1. The second-order valence-electron chi connectivity index (χ2n) is 5.55.